The smallest absolute Gasteiger partial charge is 0.323 e. The van der Waals surface area contributed by atoms with Gasteiger partial charge in [-0.25, -0.2) is 0 Å². The van der Waals surface area contributed by atoms with E-state index >= 15 is 0 Å². The lowest BCUT2D eigenvalue weighted by molar-refractivity contribution is -0.151. The van der Waals surface area contributed by atoms with Crippen molar-refractivity contribution in [1.82, 2.24) is 9.88 Å². The first kappa shape index (κ1) is 14.5. The quantitative estimate of drug-likeness (QED) is 0.604. The van der Waals surface area contributed by atoms with E-state index in [9.17, 15) is 9.59 Å². The van der Waals surface area contributed by atoms with E-state index in [4.69, 9.17) is 9.47 Å². The first-order valence-corrected chi connectivity index (χ1v) is 6.70. The van der Waals surface area contributed by atoms with Crippen LogP contribution in [0, 0.1) is 5.92 Å². The molecule has 1 aliphatic heterocycles. The Kier molecular flexibility index (Phi) is 5.06. The lowest BCUT2D eigenvalue weighted by Gasteiger charge is -2.29. The molecule has 6 nitrogen and oxygen atoms in total. The van der Waals surface area contributed by atoms with Crippen molar-refractivity contribution in [2.24, 2.45) is 5.92 Å². The van der Waals surface area contributed by atoms with Gasteiger partial charge in [0.05, 0.1) is 19.4 Å². The highest BCUT2D eigenvalue weighted by Gasteiger charge is 2.31. The number of amides is 1. The molecule has 2 heterocycles. The third-order valence-electron chi connectivity index (χ3n) is 3.17. The van der Waals surface area contributed by atoms with Crippen LogP contribution in [0.15, 0.2) is 24.5 Å². The van der Waals surface area contributed by atoms with Gasteiger partial charge in [-0.05, 0) is 18.6 Å². The Morgan fingerprint density at radius 1 is 1.45 bits per heavy atom. The maximum atomic E-state index is 12.3. The lowest BCUT2D eigenvalue weighted by atomic mass is 10.1. The average molecular weight is 278 g/mol. The topological polar surface area (TPSA) is 68.7 Å². The molecule has 0 spiro atoms. The van der Waals surface area contributed by atoms with Crippen LogP contribution in [0.1, 0.15) is 13.3 Å². The standard InChI is InChI=1S/C14H18N2O4/c1-2-12(13(17)16-6-8-19-9-7-16)14(18)20-11-4-3-5-15-10-11/h3-5,10,12H,2,6-9H2,1H3. The molecule has 1 unspecified atom stereocenters. The zero-order chi connectivity index (χ0) is 14.4. The number of pyridine rings is 1. The maximum Gasteiger partial charge on any atom is 0.323 e. The summed E-state index contributed by atoms with van der Waals surface area (Å²) in [6.45, 7) is 3.87. The molecule has 6 heteroatoms. The molecule has 0 N–H and O–H groups in total. The van der Waals surface area contributed by atoms with Crippen LogP contribution in [0.5, 0.6) is 5.75 Å². The van der Waals surface area contributed by atoms with Crippen LogP contribution in [0.25, 0.3) is 0 Å². The second-order valence-electron chi connectivity index (χ2n) is 4.51. The van der Waals surface area contributed by atoms with Crippen molar-refractivity contribution in [1.29, 1.82) is 0 Å². The van der Waals surface area contributed by atoms with Gasteiger partial charge in [0.2, 0.25) is 5.91 Å². The number of carbonyl (C=O) groups excluding carboxylic acids is 2. The molecule has 0 aliphatic carbocycles. The van der Waals surface area contributed by atoms with Gasteiger partial charge in [0.15, 0.2) is 0 Å². The van der Waals surface area contributed by atoms with Gasteiger partial charge >= 0.3 is 5.97 Å². The first-order valence-electron chi connectivity index (χ1n) is 6.70. The third kappa shape index (κ3) is 3.54. The van der Waals surface area contributed by atoms with E-state index in [1.54, 1.807) is 30.2 Å². The number of ether oxygens (including phenoxy) is 2. The molecule has 108 valence electrons. The number of aromatic nitrogens is 1. The number of carbonyl (C=O) groups is 2. The van der Waals surface area contributed by atoms with E-state index in [2.05, 4.69) is 4.98 Å². The summed E-state index contributed by atoms with van der Waals surface area (Å²) in [5.74, 6) is -1.14. The number of esters is 1. The van der Waals surface area contributed by atoms with Crippen LogP contribution in [-0.4, -0.2) is 48.1 Å². The molecule has 1 aliphatic rings. The van der Waals surface area contributed by atoms with Gasteiger partial charge in [0.25, 0.3) is 0 Å². The largest absolute Gasteiger partial charge is 0.424 e. The van der Waals surface area contributed by atoms with Crippen molar-refractivity contribution in [2.75, 3.05) is 26.3 Å². The predicted molar refractivity (Wildman–Crippen MR) is 71.1 cm³/mol. The zero-order valence-electron chi connectivity index (χ0n) is 11.4. The Balaban J connectivity index is 1.99. The molecular weight excluding hydrogens is 260 g/mol. The summed E-state index contributed by atoms with van der Waals surface area (Å²) < 4.78 is 10.4. The highest BCUT2D eigenvalue weighted by Crippen LogP contribution is 2.15. The van der Waals surface area contributed by atoms with Crippen molar-refractivity contribution in [3.8, 4) is 5.75 Å². The predicted octanol–water partition coefficient (Wildman–Crippen LogP) is 0.872. The Bertz CT molecular complexity index is 458. The SMILES string of the molecule is CCC(C(=O)Oc1cccnc1)C(=O)N1CCOCC1. The van der Waals surface area contributed by atoms with Crippen molar-refractivity contribution in [3.63, 3.8) is 0 Å². The van der Waals surface area contributed by atoms with E-state index in [-0.39, 0.29) is 5.91 Å². The fourth-order valence-electron chi connectivity index (χ4n) is 2.04. The summed E-state index contributed by atoms with van der Waals surface area (Å²) >= 11 is 0. The van der Waals surface area contributed by atoms with E-state index in [0.717, 1.165) is 0 Å². The summed E-state index contributed by atoms with van der Waals surface area (Å²) in [5, 5.41) is 0. The molecule has 1 atom stereocenters. The highest BCUT2D eigenvalue weighted by atomic mass is 16.5. The molecule has 1 aromatic rings. The van der Waals surface area contributed by atoms with Crippen LogP contribution in [0.4, 0.5) is 0 Å². The fourth-order valence-corrected chi connectivity index (χ4v) is 2.04. The van der Waals surface area contributed by atoms with Gasteiger partial charge in [-0.3, -0.25) is 14.6 Å². The van der Waals surface area contributed by atoms with E-state index in [0.29, 0.717) is 38.5 Å². The van der Waals surface area contributed by atoms with E-state index in [1.165, 1.54) is 6.20 Å². The number of rotatable bonds is 4. The molecule has 20 heavy (non-hydrogen) atoms. The molecular formula is C14H18N2O4. The summed E-state index contributed by atoms with van der Waals surface area (Å²) in [7, 11) is 0. The summed E-state index contributed by atoms with van der Waals surface area (Å²) in [4.78, 5) is 29.9. The Labute approximate surface area is 117 Å². The maximum absolute atomic E-state index is 12.3. The van der Waals surface area contributed by atoms with Crippen molar-refractivity contribution < 1.29 is 19.1 Å². The van der Waals surface area contributed by atoms with Gasteiger partial charge in [0, 0.05) is 19.3 Å². The molecule has 1 amide bonds. The molecule has 0 aromatic carbocycles. The van der Waals surface area contributed by atoms with E-state index < -0.39 is 11.9 Å². The zero-order valence-corrected chi connectivity index (χ0v) is 11.4. The summed E-state index contributed by atoms with van der Waals surface area (Å²) in [6, 6.07) is 3.31. The van der Waals surface area contributed by atoms with Crippen LogP contribution in [-0.2, 0) is 14.3 Å². The molecule has 0 bridgehead atoms. The second-order valence-corrected chi connectivity index (χ2v) is 4.51. The minimum atomic E-state index is -0.770. The minimum absolute atomic E-state index is 0.190. The summed E-state index contributed by atoms with van der Waals surface area (Å²) in [6.07, 6.45) is 3.45. The van der Waals surface area contributed by atoms with Crippen molar-refractivity contribution in [2.45, 2.75) is 13.3 Å². The lowest BCUT2D eigenvalue weighted by Crippen LogP contribution is -2.46. The Morgan fingerprint density at radius 2 is 2.20 bits per heavy atom. The van der Waals surface area contributed by atoms with Gasteiger partial charge in [-0.15, -0.1) is 0 Å². The number of hydrogen-bond donors (Lipinski definition) is 0. The molecule has 1 fully saturated rings. The molecule has 2 rings (SSSR count). The molecule has 0 radical (unpaired) electrons. The van der Waals surface area contributed by atoms with Crippen molar-refractivity contribution >= 4 is 11.9 Å². The summed E-state index contributed by atoms with van der Waals surface area (Å²) in [5.41, 5.74) is 0. The number of hydrogen-bond acceptors (Lipinski definition) is 5. The minimum Gasteiger partial charge on any atom is -0.424 e. The Morgan fingerprint density at radius 3 is 2.80 bits per heavy atom. The van der Waals surface area contributed by atoms with Crippen LogP contribution in [0.3, 0.4) is 0 Å². The van der Waals surface area contributed by atoms with Gasteiger partial charge in [0.1, 0.15) is 11.7 Å². The first-order chi connectivity index (χ1) is 9.72. The normalized spacial score (nSPS) is 16.6. The van der Waals surface area contributed by atoms with Gasteiger partial charge < -0.3 is 14.4 Å². The Hall–Kier alpha value is -1.95. The molecule has 1 saturated heterocycles. The van der Waals surface area contributed by atoms with Gasteiger partial charge in [-0.2, -0.15) is 0 Å². The average Bonchev–Trinajstić information content (AvgIpc) is 2.49. The molecule has 1 aromatic heterocycles. The van der Waals surface area contributed by atoms with Crippen LogP contribution >= 0.6 is 0 Å². The highest BCUT2D eigenvalue weighted by molar-refractivity contribution is 5.98. The monoisotopic (exact) mass is 278 g/mol. The molecule has 0 saturated carbocycles. The second kappa shape index (κ2) is 7.00. The van der Waals surface area contributed by atoms with E-state index in [1.807, 2.05) is 0 Å². The van der Waals surface area contributed by atoms with Crippen molar-refractivity contribution in [3.05, 3.63) is 24.5 Å². The number of morpholine rings is 1. The van der Waals surface area contributed by atoms with Crippen LogP contribution in [0.2, 0.25) is 0 Å². The van der Waals surface area contributed by atoms with Gasteiger partial charge in [-0.1, -0.05) is 6.92 Å². The third-order valence-corrected chi connectivity index (χ3v) is 3.17. The number of nitrogens with zero attached hydrogens (tertiary/aromatic N) is 2. The fraction of sp³-hybridized carbons (Fsp3) is 0.500. The van der Waals surface area contributed by atoms with Crippen LogP contribution < -0.4 is 4.74 Å².